The number of pyridine rings is 1. The summed E-state index contributed by atoms with van der Waals surface area (Å²) in [6.45, 7) is 0.407. The van der Waals surface area contributed by atoms with E-state index in [1.54, 1.807) is 35.7 Å². The molecule has 90 valence electrons. The second-order valence-corrected chi connectivity index (χ2v) is 4.60. The van der Waals surface area contributed by atoms with Crippen molar-refractivity contribution < 1.29 is 4.79 Å². The molecule has 0 saturated carbocycles. The number of carbonyl (C=O) groups is 1. The van der Waals surface area contributed by atoms with Crippen LogP contribution < -0.4 is 5.32 Å². The van der Waals surface area contributed by atoms with E-state index in [0.717, 1.165) is 10.7 Å². The molecule has 0 saturated heterocycles. The first-order valence-corrected chi connectivity index (χ1v) is 6.31. The third kappa shape index (κ3) is 2.10. The maximum atomic E-state index is 11.8. The highest BCUT2D eigenvalue weighted by molar-refractivity contribution is 7.15. The molecule has 0 atom stereocenters. The first kappa shape index (κ1) is 10.9. The predicted molar refractivity (Wildman–Crippen MR) is 68.5 cm³/mol. The van der Waals surface area contributed by atoms with E-state index < -0.39 is 0 Å². The zero-order valence-corrected chi connectivity index (χ0v) is 10.2. The summed E-state index contributed by atoms with van der Waals surface area (Å²) in [7, 11) is 0. The van der Waals surface area contributed by atoms with E-state index in [2.05, 4.69) is 15.3 Å². The highest BCUT2D eigenvalue weighted by Gasteiger charge is 2.07. The molecule has 1 amide bonds. The number of rotatable bonds is 3. The van der Waals surface area contributed by atoms with Crippen LogP contribution in [0.25, 0.3) is 4.96 Å². The topological polar surface area (TPSA) is 59.3 Å². The van der Waals surface area contributed by atoms with Gasteiger partial charge in [-0.1, -0.05) is 6.07 Å². The average molecular weight is 258 g/mol. The maximum Gasteiger partial charge on any atom is 0.270 e. The second kappa shape index (κ2) is 4.58. The van der Waals surface area contributed by atoms with Gasteiger partial charge in [-0.2, -0.15) is 0 Å². The molecule has 6 heteroatoms. The molecule has 5 nitrogen and oxygen atoms in total. The van der Waals surface area contributed by atoms with E-state index in [0.29, 0.717) is 12.2 Å². The quantitative estimate of drug-likeness (QED) is 0.778. The largest absolute Gasteiger partial charge is 0.345 e. The fraction of sp³-hybridized carbons (Fsp3) is 0.0833. The highest BCUT2D eigenvalue weighted by atomic mass is 32.1. The number of thiazole rings is 1. The summed E-state index contributed by atoms with van der Waals surface area (Å²) in [4.78, 5) is 21.1. The SMILES string of the molecule is O=C(NCc1cn2ccsc2n1)c1ccccn1. The van der Waals surface area contributed by atoms with Crippen molar-refractivity contribution in [3.05, 3.63) is 53.6 Å². The zero-order valence-electron chi connectivity index (χ0n) is 9.41. The Morgan fingerprint density at radius 3 is 3.17 bits per heavy atom. The third-order valence-corrected chi connectivity index (χ3v) is 3.24. The van der Waals surface area contributed by atoms with E-state index in [9.17, 15) is 4.79 Å². The van der Waals surface area contributed by atoms with E-state index >= 15 is 0 Å². The molecule has 0 spiro atoms. The molecular formula is C12H10N4OS. The van der Waals surface area contributed by atoms with Crippen LogP contribution in [0.15, 0.2) is 42.2 Å². The number of amides is 1. The van der Waals surface area contributed by atoms with E-state index in [1.165, 1.54) is 0 Å². The summed E-state index contributed by atoms with van der Waals surface area (Å²) >= 11 is 1.57. The van der Waals surface area contributed by atoms with Crippen LogP contribution in [0.4, 0.5) is 0 Å². The van der Waals surface area contributed by atoms with Crippen LogP contribution >= 0.6 is 11.3 Å². The molecule has 0 fully saturated rings. The van der Waals surface area contributed by atoms with Crippen molar-refractivity contribution in [2.45, 2.75) is 6.54 Å². The van der Waals surface area contributed by atoms with Crippen LogP contribution in [-0.4, -0.2) is 20.3 Å². The summed E-state index contributed by atoms with van der Waals surface area (Å²) in [5, 5.41) is 4.76. The number of carbonyl (C=O) groups excluding carboxylic acids is 1. The van der Waals surface area contributed by atoms with Gasteiger partial charge in [-0.3, -0.25) is 14.2 Å². The van der Waals surface area contributed by atoms with Crippen LogP contribution in [0.1, 0.15) is 16.2 Å². The number of nitrogens with one attached hydrogen (secondary N) is 1. The van der Waals surface area contributed by atoms with Crippen molar-refractivity contribution in [2.24, 2.45) is 0 Å². The van der Waals surface area contributed by atoms with Crippen molar-refractivity contribution >= 4 is 22.2 Å². The van der Waals surface area contributed by atoms with Crippen molar-refractivity contribution in [1.29, 1.82) is 0 Å². The van der Waals surface area contributed by atoms with E-state index in [-0.39, 0.29) is 5.91 Å². The fourth-order valence-corrected chi connectivity index (χ4v) is 2.34. The van der Waals surface area contributed by atoms with Gasteiger partial charge in [0.15, 0.2) is 4.96 Å². The summed E-state index contributed by atoms with van der Waals surface area (Å²) in [6, 6.07) is 5.25. The molecular weight excluding hydrogens is 248 g/mol. The number of hydrogen-bond acceptors (Lipinski definition) is 4. The van der Waals surface area contributed by atoms with Crippen LogP contribution in [0, 0.1) is 0 Å². The highest BCUT2D eigenvalue weighted by Crippen LogP contribution is 2.11. The Balaban J connectivity index is 1.68. The normalized spacial score (nSPS) is 10.7. The molecule has 1 N–H and O–H groups in total. The van der Waals surface area contributed by atoms with Gasteiger partial charge in [-0.15, -0.1) is 11.3 Å². The van der Waals surface area contributed by atoms with Crippen LogP contribution in [-0.2, 0) is 6.54 Å². The predicted octanol–water partition coefficient (Wildman–Crippen LogP) is 1.72. The average Bonchev–Trinajstić information content (AvgIpc) is 2.97. The number of nitrogens with zero attached hydrogens (tertiary/aromatic N) is 3. The van der Waals surface area contributed by atoms with E-state index in [1.807, 2.05) is 22.2 Å². The van der Waals surface area contributed by atoms with Gasteiger partial charge in [0.25, 0.3) is 5.91 Å². The van der Waals surface area contributed by atoms with Crippen LogP contribution in [0.2, 0.25) is 0 Å². The minimum Gasteiger partial charge on any atom is -0.345 e. The molecule has 0 aliphatic rings. The summed E-state index contributed by atoms with van der Waals surface area (Å²) in [5.41, 5.74) is 1.25. The van der Waals surface area contributed by atoms with Gasteiger partial charge in [-0.25, -0.2) is 4.98 Å². The molecule has 18 heavy (non-hydrogen) atoms. The Morgan fingerprint density at radius 2 is 2.39 bits per heavy atom. The van der Waals surface area contributed by atoms with Gasteiger partial charge in [-0.05, 0) is 12.1 Å². The lowest BCUT2D eigenvalue weighted by Crippen LogP contribution is -2.23. The third-order valence-electron chi connectivity index (χ3n) is 2.47. The second-order valence-electron chi connectivity index (χ2n) is 3.72. The molecule has 0 aromatic carbocycles. The van der Waals surface area contributed by atoms with Gasteiger partial charge in [0.2, 0.25) is 0 Å². The van der Waals surface area contributed by atoms with Gasteiger partial charge in [0.1, 0.15) is 5.69 Å². The standard InChI is InChI=1S/C12H10N4OS/c17-11(10-3-1-2-4-13-10)14-7-9-8-16-5-6-18-12(16)15-9/h1-6,8H,7H2,(H,14,17). The Bertz CT molecular complexity index is 645. The van der Waals surface area contributed by atoms with E-state index in [4.69, 9.17) is 0 Å². The minimum absolute atomic E-state index is 0.188. The molecule has 3 aromatic heterocycles. The maximum absolute atomic E-state index is 11.8. The molecule has 0 aliphatic heterocycles. The van der Waals surface area contributed by atoms with Crippen LogP contribution in [0.3, 0.4) is 0 Å². The molecule has 0 aliphatic carbocycles. The smallest absolute Gasteiger partial charge is 0.270 e. The van der Waals surface area contributed by atoms with Gasteiger partial charge in [0, 0.05) is 24.0 Å². The Kier molecular flexibility index (Phi) is 2.77. The van der Waals surface area contributed by atoms with Crippen molar-refractivity contribution in [3.8, 4) is 0 Å². The first-order valence-electron chi connectivity index (χ1n) is 5.43. The van der Waals surface area contributed by atoms with Crippen LogP contribution in [0.5, 0.6) is 0 Å². The molecule has 3 rings (SSSR count). The van der Waals surface area contributed by atoms with Gasteiger partial charge < -0.3 is 5.32 Å². The lowest BCUT2D eigenvalue weighted by molar-refractivity contribution is 0.0945. The summed E-state index contributed by atoms with van der Waals surface area (Å²) in [5.74, 6) is -0.188. The molecule has 3 heterocycles. The first-order chi connectivity index (χ1) is 8.83. The molecule has 0 radical (unpaired) electrons. The lowest BCUT2D eigenvalue weighted by Gasteiger charge is -2.01. The molecule has 3 aromatic rings. The number of aromatic nitrogens is 3. The summed E-state index contributed by atoms with van der Waals surface area (Å²) < 4.78 is 1.94. The van der Waals surface area contributed by atoms with Gasteiger partial charge >= 0.3 is 0 Å². The zero-order chi connectivity index (χ0) is 12.4. The Hall–Kier alpha value is -2.21. The monoisotopic (exact) mass is 258 g/mol. The molecule has 0 bridgehead atoms. The van der Waals surface area contributed by atoms with Crippen molar-refractivity contribution in [2.75, 3.05) is 0 Å². The molecule has 0 unspecified atom stereocenters. The lowest BCUT2D eigenvalue weighted by atomic mass is 10.3. The Labute approximate surface area is 107 Å². The fourth-order valence-electron chi connectivity index (χ4n) is 1.62. The number of imidazole rings is 1. The number of fused-ring (bicyclic) bond motifs is 1. The van der Waals surface area contributed by atoms with Crippen molar-refractivity contribution in [3.63, 3.8) is 0 Å². The van der Waals surface area contributed by atoms with Gasteiger partial charge in [0.05, 0.1) is 12.2 Å². The number of hydrogen-bond donors (Lipinski definition) is 1. The van der Waals surface area contributed by atoms with Crippen molar-refractivity contribution in [1.82, 2.24) is 19.7 Å². The Morgan fingerprint density at radius 1 is 1.44 bits per heavy atom. The summed E-state index contributed by atoms with van der Waals surface area (Å²) in [6.07, 6.45) is 5.45. The minimum atomic E-state index is -0.188.